The number of hydrogen-bond acceptors (Lipinski definition) is 5. The number of aromatic nitrogens is 1. The van der Waals surface area contributed by atoms with Gasteiger partial charge < -0.3 is 9.15 Å². The van der Waals surface area contributed by atoms with Gasteiger partial charge in [-0.1, -0.05) is 28.1 Å². The maximum absolute atomic E-state index is 12.3. The molecule has 3 aromatic rings. The van der Waals surface area contributed by atoms with Gasteiger partial charge >= 0.3 is 11.7 Å². The molecule has 128 valence electrons. The number of aryl methyl sites for hydroxylation is 1. The second-order valence-corrected chi connectivity index (χ2v) is 6.29. The van der Waals surface area contributed by atoms with Crippen molar-refractivity contribution in [3.8, 4) is 0 Å². The molecule has 0 radical (unpaired) electrons. The maximum atomic E-state index is 12.3. The molecule has 0 aliphatic carbocycles. The minimum Gasteiger partial charge on any atom is -0.465 e. The maximum Gasteiger partial charge on any atom is 0.419 e. The average Bonchev–Trinajstić information content (AvgIpc) is 2.93. The fourth-order valence-corrected chi connectivity index (χ4v) is 2.78. The third kappa shape index (κ3) is 3.56. The summed E-state index contributed by atoms with van der Waals surface area (Å²) in [6, 6.07) is 11.7. The van der Waals surface area contributed by atoms with Gasteiger partial charge in [-0.25, -0.2) is 9.59 Å². The lowest BCUT2D eigenvalue weighted by atomic mass is 10.1. The van der Waals surface area contributed by atoms with Crippen molar-refractivity contribution in [2.45, 2.75) is 13.0 Å². The third-order valence-electron chi connectivity index (χ3n) is 3.82. The van der Waals surface area contributed by atoms with Crippen LogP contribution in [0.4, 0.5) is 0 Å². The van der Waals surface area contributed by atoms with E-state index in [0.717, 1.165) is 4.47 Å². The molecule has 0 saturated heterocycles. The smallest absolute Gasteiger partial charge is 0.419 e. The molecule has 3 rings (SSSR count). The van der Waals surface area contributed by atoms with Crippen LogP contribution in [-0.2, 0) is 11.3 Å². The normalized spacial score (nSPS) is 10.8. The Morgan fingerprint density at radius 2 is 1.80 bits per heavy atom. The summed E-state index contributed by atoms with van der Waals surface area (Å²) >= 11 is 3.32. The van der Waals surface area contributed by atoms with Gasteiger partial charge in [-0.15, -0.1) is 0 Å². The Morgan fingerprint density at radius 3 is 2.48 bits per heavy atom. The van der Waals surface area contributed by atoms with E-state index >= 15 is 0 Å². The van der Waals surface area contributed by atoms with Crippen molar-refractivity contribution in [2.75, 3.05) is 7.11 Å². The molecule has 0 spiro atoms. The van der Waals surface area contributed by atoms with Crippen molar-refractivity contribution in [3.05, 3.63) is 68.6 Å². The van der Waals surface area contributed by atoms with Gasteiger partial charge in [-0.05, 0) is 30.3 Å². The zero-order valence-electron chi connectivity index (χ0n) is 13.3. The SMILES string of the molecule is COC(=O)c1ccc2c(c1)oc(=O)n2CCC(=O)c1ccc(Br)cc1. The van der Waals surface area contributed by atoms with Crippen LogP contribution in [0.3, 0.4) is 0 Å². The van der Waals surface area contributed by atoms with Crippen LogP contribution in [0.5, 0.6) is 0 Å². The molecular formula is C18H14BrNO5. The van der Waals surface area contributed by atoms with E-state index in [1.807, 2.05) is 0 Å². The van der Waals surface area contributed by atoms with Crippen molar-refractivity contribution in [3.63, 3.8) is 0 Å². The van der Waals surface area contributed by atoms with E-state index < -0.39 is 11.7 Å². The first kappa shape index (κ1) is 17.2. The van der Waals surface area contributed by atoms with Crippen molar-refractivity contribution >= 4 is 38.8 Å². The Bertz CT molecular complexity index is 1000. The van der Waals surface area contributed by atoms with Gasteiger partial charge in [-0.3, -0.25) is 9.36 Å². The lowest BCUT2D eigenvalue weighted by Gasteiger charge is -2.03. The molecular weight excluding hydrogens is 390 g/mol. The Hall–Kier alpha value is -2.67. The van der Waals surface area contributed by atoms with E-state index in [1.165, 1.54) is 17.7 Å². The second kappa shape index (κ2) is 7.06. The molecule has 0 aliphatic rings. The molecule has 1 aromatic heterocycles. The summed E-state index contributed by atoms with van der Waals surface area (Å²) in [6.07, 6.45) is 0.162. The van der Waals surface area contributed by atoms with Crippen LogP contribution >= 0.6 is 15.9 Å². The van der Waals surface area contributed by atoms with Gasteiger partial charge in [0.2, 0.25) is 0 Å². The first-order valence-electron chi connectivity index (χ1n) is 7.50. The average molecular weight is 404 g/mol. The van der Waals surface area contributed by atoms with Gasteiger partial charge in [0.25, 0.3) is 0 Å². The molecule has 0 N–H and O–H groups in total. The van der Waals surface area contributed by atoms with Crippen LogP contribution in [0, 0.1) is 0 Å². The van der Waals surface area contributed by atoms with Crippen LogP contribution < -0.4 is 5.76 Å². The van der Waals surface area contributed by atoms with Crippen molar-refractivity contribution in [1.82, 2.24) is 4.57 Å². The number of benzene rings is 2. The highest BCUT2D eigenvalue weighted by Gasteiger charge is 2.14. The molecule has 0 saturated carbocycles. The van der Waals surface area contributed by atoms with Crippen LogP contribution in [0.15, 0.2) is 56.1 Å². The first-order valence-corrected chi connectivity index (χ1v) is 8.29. The predicted octanol–water partition coefficient (Wildman–Crippen LogP) is 3.42. The molecule has 0 atom stereocenters. The number of methoxy groups -OCH3 is 1. The quantitative estimate of drug-likeness (QED) is 0.481. The number of nitrogens with zero attached hydrogens (tertiary/aromatic N) is 1. The number of esters is 1. The number of oxazole rings is 1. The van der Waals surface area contributed by atoms with E-state index in [9.17, 15) is 14.4 Å². The number of hydrogen-bond donors (Lipinski definition) is 0. The molecule has 0 unspecified atom stereocenters. The summed E-state index contributed by atoms with van der Waals surface area (Å²) < 4.78 is 12.1. The summed E-state index contributed by atoms with van der Waals surface area (Å²) in [4.78, 5) is 35.9. The van der Waals surface area contributed by atoms with E-state index in [1.54, 1.807) is 36.4 Å². The lowest BCUT2D eigenvalue weighted by Crippen LogP contribution is -2.16. The summed E-state index contributed by atoms with van der Waals surface area (Å²) in [6.45, 7) is 0.193. The van der Waals surface area contributed by atoms with Crippen LogP contribution in [0.1, 0.15) is 27.1 Å². The predicted molar refractivity (Wildman–Crippen MR) is 94.9 cm³/mol. The Labute approximate surface area is 151 Å². The second-order valence-electron chi connectivity index (χ2n) is 5.37. The van der Waals surface area contributed by atoms with Gasteiger partial charge in [0.05, 0.1) is 18.2 Å². The lowest BCUT2D eigenvalue weighted by molar-refractivity contribution is 0.0600. The number of ketones is 1. The first-order chi connectivity index (χ1) is 12.0. The fraction of sp³-hybridized carbons (Fsp3) is 0.167. The topological polar surface area (TPSA) is 78.5 Å². The summed E-state index contributed by atoms with van der Waals surface area (Å²) in [5, 5.41) is 0. The number of Topliss-reactive ketones (excluding diaryl/α,β-unsaturated/α-hetero) is 1. The fourth-order valence-electron chi connectivity index (χ4n) is 2.52. The largest absolute Gasteiger partial charge is 0.465 e. The van der Waals surface area contributed by atoms with Crippen LogP contribution in [0.2, 0.25) is 0 Å². The highest BCUT2D eigenvalue weighted by atomic mass is 79.9. The number of carbonyl (C=O) groups excluding carboxylic acids is 2. The molecule has 6 nitrogen and oxygen atoms in total. The van der Waals surface area contributed by atoms with Crippen molar-refractivity contribution in [2.24, 2.45) is 0 Å². The molecule has 2 aromatic carbocycles. The molecule has 25 heavy (non-hydrogen) atoms. The van der Waals surface area contributed by atoms with E-state index in [0.29, 0.717) is 16.6 Å². The van der Waals surface area contributed by atoms with E-state index in [-0.39, 0.29) is 24.3 Å². The van der Waals surface area contributed by atoms with E-state index in [4.69, 9.17) is 4.42 Å². The van der Waals surface area contributed by atoms with E-state index in [2.05, 4.69) is 20.7 Å². The summed E-state index contributed by atoms with van der Waals surface area (Å²) in [5.74, 6) is -1.15. The zero-order valence-corrected chi connectivity index (χ0v) is 14.9. The highest BCUT2D eigenvalue weighted by molar-refractivity contribution is 9.10. The molecule has 0 aliphatic heterocycles. The van der Waals surface area contributed by atoms with Gasteiger partial charge in [0.15, 0.2) is 11.4 Å². The number of ether oxygens (including phenoxy) is 1. The number of rotatable bonds is 5. The Balaban J connectivity index is 1.83. The van der Waals surface area contributed by atoms with Gasteiger partial charge in [0, 0.05) is 23.0 Å². The molecule has 0 fully saturated rings. The van der Waals surface area contributed by atoms with Crippen molar-refractivity contribution in [1.29, 1.82) is 0 Å². The monoisotopic (exact) mass is 403 g/mol. The summed E-state index contributed by atoms with van der Waals surface area (Å²) in [5.41, 5.74) is 1.68. The minimum atomic E-state index is -0.569. The summed E-state index contributed by atoms with van der Waals surface area (Å²) in [7, 11) is 1.28. The molecule has 7 heteroatoms. The number of carbonyl (C=O) groups is 2. The standard InChI is InChI=1S/C18H14BrNO5/c1-24-17(22)12-4-7-14-16(10-12)25-18(23)20(14)9-8-15(21)11-2-5-13(19)6-3-11/h2-7,10H,8-9H2,1H3. The van der Waals surface area contributed by atoms with Crippen LogP contribution in [0.25, 0.3) is 11.1 Å². The number of fused-ring (bicyclic) bond motifs is 1. The van der Waals surface area contributed by atoms with Crippen LogP contribution in [-0.4, -0.2) is 23.4 Å². The third-order valence-corrected chi connectivity index (χ3v) is 4.35. The van der Waals surface area contributed by atoms with Crippen molar-refractivity contribution < 1.29 is 18.7 Å². The van der Waals surface area contributed by atoms with Gasteiger partial charge in [0.1, 0.15) is 0 Å². The highest BCUT2D eigenvalue weighted by Crippen LogP contribution is 2.17. The minimum absolute atomic E-state index is 0.0695. The molecule has 1 heterocycles. The molecule has 0 bridgehead atoms. The Morgan fingerprint density at radius 1 is 1.12 bits per heavy atom. The van der Waals surface area contributed by atoms with Gasteiger partial charge in [-0.2, -0.15) is 0 Å². The molecule has 0 amide bonds. The Kier molecular flexibility index (Phi) is 4.85. The number of halogens is 1. The zero-order chi connectivity index (χ0) is 18.0.